The first-order valence-electron chi connectivity index (χ1n) is 6.07. The van der Waals surface area contributed by atoms with Crippen LogP contribution in [0.4, 0.5) is 8.78 Å². The molecule has 0 aliphatic heterocycles. The van der Waals surface area contributed by atoms with Crippen LogP contribution in [-0.2, 0) is 6.42 Å². The van der Waals surface area contributed by atoms with E-state index >= 15 is 0 Å². The van der Waals surface area contributed by atoms with Gasteiger partial charge in [0.05, 0.1) is 0 Å². The van der Waals surface area contributed by atoms with E-state index in [0.29, 0.717) is 17.0 Å². The second kappa shape index (κ2) is 6.66. The first-order valence-corrected chi connectivity index (χ1v) is 7.24. The molecule has 1 N–H and O–H groups in total. The molecule has 1 nitrogen and oxygen atoms in total. The Morgan fingerprint density at radius 2 is 1.95 bits per heavy atom. The van der Waals surface area contributed by atoms with Crippen LogP contribution in [0.5, 0.6) is 0 Å². The van der Waals surface area contributed by atoms with Gasteiger partial charge >= 0.3 is 0 Å². The lowest BCUT2D eigenvalue weighted by Gasteiger charge is -2.18. The lowest BCUT2D eigenvalue weighted by atomic mass is 9.98. The predicted octanol–water partition coefficient (Wildman–Crippen LogP) is 4.88. The maximum atomic E-state index is 13.9. The van der Waals surface area contributed by atoms with Crippen molar-refractivity contribution in [2.24, 2.45) is 0 Å². The van der Waals surface area contributed by atoms with Gasteiger partial charge in [0.15, 0.2) is 0 Å². The van der Waals surface area contributed by atoms with Gasteiger partial charge in [0, 0.05) is 21.1 Å². The molecule has 0 bridgehead atoms. The number of halogens is 4. The summed E-state index contributed by atoms with van der Waals surface area (Å²) in [5, 5.41) is 3.51. The van der Waals surface area contributed by atoms with Gasteiger partial charge in [-0.05, 0) is 55.4 Å². The molecule has 20 heavy (non-hydrogen) atoms. The Morgan fingerprint density at radius 3 is 2.65 bits per heavy atom. The number of nitrogens with one attached hydrogen (secondary N) is 1. The SMILES string of the molecule is CNC(Cc1cc(F)ccc1Br)c1cc(Cl)ccc1F. The third kappa shape index (κ3) is 3.57. The first kappa shape index (κ1) is 15.4. The monoisotopic (exact) mass is 359 g/mol. The summed E-state index contributed by atoms with van der Waals surface area (Å²) in [5.41, 5.74) is 1.24. The van der Waals surface area contributed by atoms with Gasteiger partial charge in [0.25, 0.3) is 0 Å². The molecule has 0 fully saturated rings. The Morgan fingerprint density at radius 1 is 1.20 bits per heavy atom. The molecule has 106 valence electrons. The fraction of sp³-hybridized carbons (Fsp3) is 0.200. The van der Waals surface area contributed by atoms with Gasteiger partial charge in [-0.2, -0.15) is 0 Å². The highest BCUT2D eigenvalue weighted by Gasteiger charge is 2.16. The molecule has 0 saturated carbocycles. The fourth-order valence-electron chi connectivity index (χ4n) is 2.07. The van der Waals surface area contributed by atoms with Gasteiger partial charge < -0.3 is 5.32 Å². The van der Waals surface area contributed by atoms with Gasteiger partial charge in [-0.1, -0.05) is 27.5 Å². The average molecular weight is 361 g/mol. The van der Waals surface area contributed by atoms with E-state index < -0.39 is 0 Å². The molecule has 0 aliphatic carbocycles. The van der Waals surface area contributed by atoms with Crippen molar-refractivity contribution in [2.75, 3.05) is 7.05 Å². The molecule has 0 aromatic heterocycles. The summed E-state index contributed by atoms with van der Waals surface area (Å²) >= 11 is 9.29. The Hall–Kier alpha value is -0.970. The van der Waals surface area contributed by atoms with Crippen molar-refractivity contribution in [3.05, 3.63) is 68.7 Å². The van der Waals surface area contributed by atoms with Crippen molar-refractivity contribution in [3.63, 3.8) is 0 Å². The van der Waals surface area contributed by atoms with E-state index in [1.165, 1.54) is 24.3 Å². The van der Waals surface area contributed by atoms with Crippen molar-refractivity contribution in [3.8, 4) is 0 Å². The molecule has 0 aliphatic rings. The molecular weight excluding hydrogens is 348 g/mol. The Labute approximate surface area is 130 Å². The van der Waals surface area contributed by atoms with E-state index in [1.54, 1.807) is 19.2 Å². The smallest absolute Gasteiger partial charge is 0.128 e. The van der Waals surface area contributed by atoms with Crippen LogP contribution in [-0.4, -0.2) is 7.05 Å². The van der Waals surface area contributed by atoms with Crippen molar-refractivity contribution < 1.29 is 8.78 Å². The van der Waals surface area contributed by atoms with E-state index in [0.717, 1.165) is 10.0 Å². The molecule has 1 unspecified atom stereocenters. The standard InChI is InChI=1S/C15H13BrClF2N/c1-20-15(12-8-10(17)2-5-14(12)19)7-9-6-11(18)3-4-13(9)16/h2-6,8,15,20H,7H2,1H3. The van der Waals surface area contributed by atoms with Gasteiger partial charge in [-0.15, -0.1) is 0 Å². The first-order chi connectivity index (χ1) is 9.51. The van der Waals surface area contributed by atoms with E-state index in [1.807, 2.05) is 0 Å². The van der Waals surface area contributed by atoms with Gasteiger partial charge in [-0.3, -0.25) is 0 Å². The van der Waals surface area contributed by atoms with E-state index in [2.05, 4.69) is 21.2 Å². The molecule has 2 rings (SSSR count). The Kier molecular flexibility index (Phi) is 5.13. The molecule has 2 aromatic carbocycles. The minimum Gasteiger partial charge on any atom is -0.313 e. The minimum absolute atomic E-state index is 0.285. The number of likely N-dealkylation sites (N-methyl/N-ethyl adjacent to an activating group) is 1. The lowest BCUT2D eigenvalue weighted by molar-refractivity contribution is 0.532. The number of rotatable bonds is 4. The van der Waals surface area contributed by atoms with Crippen molar-refractivity contribution in [1.82, 2.24) is 5.32 Å². The number of benzene rings is 2. The lowest BCUT2D eigenvalue weighted by Crippen LogP contribution is -2.20. The largest absolute Gasteiger partial charge is 0.313 e. The quantitative estimate of drug-likeness (QED) is 0.819. The van der Waals surface area contributed by atoms with E-state index in [9.17, 15) is 8.78 Å². The Bertz CT molecular complexity index is 619. The summed E-state index contributed by atoms with van der Waals surface area (Å²) in [7, 11) is 1.73. The number of hydrogen-bond donors (Lipinski definition) is 1. The zero-order chi connectivity index (χ0) is 14.7. The van der Waals surface area contributed by atoms with Gasteiger partial charge in [0.2, 0.25) is 0 Å². The summed E-state index contributed by atoms with van der Waals surface area (Å²) in [6.45, 7) is 0. The number of hydrogen-bond acceptors (Lipinski definition) is 1. The van der Waals surface area contributed by atoms with E-state index in [4.69, 9.17) is 11.6 Å². The van der Waals surface area contributed by atoms with Crippen LogP contribution in [0.3, 0.4) is 0 Å². The zero-order valence-corrected chi connectivity index (χ0v) is 13.1. The van der Waals surface area contributed by atoms with Crippen molar-refractivity contribution in [2.45, 2.75) is 12.5 Å². The highest BCUT2D eigenvalue weighted by molar-refractivity contribution is 9.10. The highest BCUT2D eigenvalue weighted by Crippen LogP contribution is 2.27. The van der Waals surface area contributed by atoms with Crippen LogP contribution in [0.25, 0.3) is 0 Å². The molecule has 0 heterocycles. The molecule has 5 heteroatoms. The third-order valence-corrected chi connectivity index (χ3v) is 4.12. The summed E-state index contributed by atoms with van der Waals surface area (Å²) < 4.78 is 28.0. The minimum atomic E-state index is -0.332. The molecule has 0 amide bonds. The van der Waals surface area contributed by atoms with Crippen LogP contribution >= 0.6 is 27.5 Å². The topological polar surface area (TPSA) is 12.0 Å². The average Bonchev–Trinajstić information content (AvgIpc) is 2.42. The van der Waals surface area contributed by atoms with Crippen LogP contribution in [0.2, 0.25) is 5.02 Å². The zero-order valence-electron chi connectivity index (χ0n) is 10.8. The summed E-state index contributed by atoms with van der Waals surface area (Å²) in [6.07, 6.45) is 0.451. The summed E-state index contributed by atoms with van der Waals surface area (Å²) in [4.78, 5) is 0. The van der Waals surface area contributed by atoms with Crippen LogP contribution in [0.15, 0.2) is 40.9 Å². The van der Waals surface area contributed by atoms with Crippen molar-refractivity contribution >= 4 is 27.5 Å². The van der Waals surface area contributed by atoms with Crippen LogP contribution in [0.1, 0.15) is 17.2 Å². The van der Waals surface area contributed by atoms with E-state index in [-0.39, 0.29) is 17.7 Å². The molecule has 0 spiro atoms. The molecule has 0 saturated heterocycles. The predicted molar refractivity (Wildman–Crippen MR) is 81.0 cm³/mol. The van der Waals surface area contributed by atoms with Gasteiger partial charge in [0.1, 0.15) is 11.6 Å². The molecule has 1 atom stereocenters. The second-order valence-electron chi connectivity index (χ2n) is 4.45. The summed E-state index contributed by atoms with van der Waals surface area (Å²) in [6, 6.07) is 8.61. The van der Waals surface area contributed by atoms with Gasteiger partial charge in [-0.25, -0.2) is 8.78 Å². The maximum absolute atomic E-state index is 13.9. The van der Waals surface area contributed by atoms with Crippen molar-refractivity contribution in [1.29, 1.82) is 0 Å². The molecule has 0 radical (unpaired) electrons. The Balaban J connectivity index is 2.33. The fourth-order valence-corrected chi connectivity index (χ4v) is 2.66. The van der Waals surface area contributed by atoms with Crippen LogP contribution in [0, 0.1) is 11.6 Å². The molecule has 2 aromatic rings. The summed E-state index contributed by atoms with van der Waals surface area (Å²) in [5.74, 6) is -0.647. The normalized spacial score (nSPS) is 12.4. The second-order valence-corrected chi connectivity index (χ2v) is 5.74. The molecular formula is C15H13BrClF2N. The van der Waals surface area contributed by atoms with Crippen LogP contribution < -0.4 is 5.32 Å². The third-order valence-electron chi connectivity index (χ3n) is 3.11. The maximum Gasteiger partial charge on any atom is 0.128 e. The highest BCUT2D eigenvalue weighted by atomic mass is 79.9.